The Morgan fingerprint density at radius 2 is 1.00 bits per heavy atom. The lowest BCUT2D eigenvalue weighted by atomic mass is 10.2. The fourth-order valence-electron chi connectivity index (χ4n) is 3.90. The first-order valence-electron chi connectivity index (χ1n) is 16.4. The fraction of sp³-hybridized carbons (Fsp3) is 0.629. The summed E-state index contributed by atoms with van der Waals surface area (Å²) >= 11 is 0. The van der Waals surface area contributed by atoms with Crippen molar-refractivity contribution in [3.05, 3.63) is 59.7 Å². The summed E-state index contributed by atoms with van der Waals surface area (Å²) < 4.78 is 71.4. The van der Waals surface area contributed by atoms with Gasteiger partial charge in [-0.3, -0.25) is 0 Å². The normalized spacial score (nSPS) is 11.8. The summed E-state index contributed by atoms with van der Waals surface area (Å²) in [5.74, 6) is 0.341. The van der Waals surface area contributed by atoms with Crippen molar-refractivity contribution in [1.82, 2.24) is 0 Å². The van der Waals surface area contributed by atoms with E-state index in [1.165, 1.54) is 7.11 Å². The van der Waals surface area contributed by atoms with Gasteiger partial charge < -0.3 is 61.6 Å². The third kappa shape index (κ3) is 22.4. The maximum atomic E-state index is 12.2. The second-order valence-corrected chi connectivity index (χ2v) is 10.1. The van der Waals surface area contributed by atoms with Gasteiger partial charge in [0, 0.05) is 20.3 Å². The van der Waals surface area contributed by atoms with Gasteiger partial charge in [-0.15, -0.1) is 0 Å². The van der Waals surface area contributed by atoms with E-state index in [0.717, 1.165) is 5.56 Å². The van der Waals surface area contributed by atoms with Gasteiger partial charge in [0.2, 0.25) is 0 Å². The van der Waals surface area contributed by atoms with Crippen molar-refractivity contribution in [2.75, 3.05) is 134 Å². The Balaban J connectivity index is 1.66. The standard InChI is InChI=1S/C35H54O14/c1-37-9-11-40-13-15-42-19-21-46-32-25-31(35(36)39-3)26-33(27-32)47-23-24-49-34(29-45-12-10-38-2)48-22-20-43-16-14-41-17-18-44-28-30-7-5-4-6-8-30/h4-8,25-27,34H,9-24,28-29H2,1-3H3. The summed E-state index contributed by atoms with van der Waals surface area (Å²) in [5.41, 5.74) is 1.42. The lowest BCUT2D eigenvalue weighted by Crippen LogP contribution is -2.28. The molecule has 49 heavy (non-hydrogen) atoms. The summed E-state index contributed by atoms with van der Waals surface area (Å²) in [4.78, 5) is 12.2. The van der Waals surface area contributed by atoms with E-state index in [-0.39, 0.29) is 32.0 Å². The molecule has 2 aromatic carbocycles. The summed E-state index contributed by atoms with van der Waals surface area (Å²) in [6, 6.07) is 14.8. The second-order valence-electron chi connectivity index (χ2n) is 10.1. The molecule has 1 atom stereocenters. The third-order valence-corrected chi connectivity index (χ3v) is 6.33. The van der Waals surface area contributed by atoms with Crippen LogP contribution in [0.4, 0.5) is 0 Å². The van der Waals surface area contributed by atoms with Crippen LogP contribution < -0.4 is 9.47 Å². The van der Waals surface area contributed by atoms with E-state index in [4.69, 9.17) is 61.6 Å². The zero-order valence-corrected chi connectivity index (χ0v) is 29.1. The highest BCUT2D eigenvalue weighted by Crippen LogP contribution is 2.24. The molecule has 0 N–H and O–H groups in total. The largest absolute Gasteiger partial charge is 0.491 e. The van der Waals surface area contributed by atoms with E-state index in [1.54, 1.807) is 32.4 Å². The number of benzene rings is 2. The molecule has 0 amide bonds. The maximum absolute atomic E-state index is 12.2. The summed E-state index contributed by atoms with van der Waals surface area (Å²) in [6.07, 6.45) is -0.646. The molecule has 14 nitrogen and oxygen atoms in total. The molecule has 0 spiro atoms. The first kappa shape index (κ1) is 42.3. The minimum atomic E-state index is -0.646. The van der Waals surface area contributed by atoms with Gasteiger partial charge in [0.25, 0.3) is 0 Å². The van der Waals surface area contributed by atoms with Crippen molar-refractivity contribution < 1.29 is 66.4 Å². The number of hydrogen-bond donors (Lipinski definition) is 0. The van der Waals surface area contributed by atoms with Crippen molar-refractivity contribution >= 4 is 5.97 Å². The molecule has 0 aliphatic heterocycles. The Hall–Kier alpha value is -2.89. The molecule has 0 fully saturated rings. The number of methoxy groups -OCH3 is 3. The van der Waals surface area contributed by atoms with Crippen molar-refractivity contribution in [1.29, 1.82) is 0 Å². The van der Waals surface area contributed by atoms with E-state index in [2.05, 4.69) is 0 Å². The maximum Gasteiger partial charge on any atom is 0.338 e. The van der Waals surface area contributed by atoms with E-state index in [9.17, 15) is 4.79 Å². The quantitative estimate of drug-likeness (QED) is 0.0613. The van der Waals surface area contributed by atoms with Gasteiger partial charge in [-0.25, -0.2) is 4.79 Å². The smallest absolute Gasteiger partial charge is 0.338 e. The van der Waals surface area contributed by atoms with Crippen molar-refractivity contribution in [3.8, 4) is 11.5 Å². The minimum Gasteiger partial charge on any atom is -0.491 e. The fourth-order valence-corrected chi connectivity index (χ4v) is 3.90. The van der Waals surface area contributed by atoms with Gasteiger partial charge in [-0.1, -0.05) is 30.3 Å². The molecular weight excluding hydrogens is 644 g/mol. The Morgan fingerprint density at radius 1 is 0.531 bits per heavy atom. The molecule has 1 unspecified atom stereocenters. The van der Waals surface area contributed by atoms with Crippen LogP contribution in [0.3, 0.4) is 0 Å². The van der Waals surface area contributed by atoms with Crippen LogP contribution in [0.5, 0.6) is 11.5 Å². The highest BCUT2D eigenvalue weighted by atomic mass is 16.7. The predicted octanol–water partition coefficient (Wildman–Crippen LogP) is 3.18. The van der Waals surface area contributed by atoms with Gasteiger partial charge in [-0.05, 0) is 17.7 Å². The summed E-state index contributed by atoms with van der Waals surface area (Å²) in [7, 11) is 4.53. The molecule has 14 heteroatoms. The topological polar surface area (TPSA) is 137 Å². The van der Waals surface area contributed by atoms with Gasteiger partial charge in [0.15, 0.2) is 6.29 Å². The Morgan fingerprint density at radius 3 is 1.57 bits per heavy atom. The van der Waals surface area contributed by atoms with E-state index >= 15 is 0 Å². The molecule has 0 aromatic heterocycles. The minimum absolute atomic E-state index is 0.178. The molecule has 0 saturated carbocycles. The monoisotopic (exact) mass is 698 g/mol. The van der Waals surface area contributed by atoms with Crippen LogP contribution in [-0.4, -0.2) is 146 Å². The van der Waals surface area contributed by atoms with E-state index < -0.39 is 12.3 Å². The predicted molar refractivity (Wildman–Crippen MR) is 178 cm³/mol. The highest BCUT2D eigenvalue weighted by molar-refractivity contribution is 5.90. The molecule has 0 radical (unpaired) electrons. The van der Waals surface area contributed by atoms with Crippen LogP contribution in [-0.2, 0) is 58.7 Å². The first-order valence-corrected chi connectivity index (χ1v) is 16.4. The van der Waals surface area contributed by atoms with Gasteiger partial charge >= 0.3 is 5.97 Å². The second kappa shape index (κ2) is 30.0. The van der Waals surface area contributed by atoms with E-state index in [0.29, 0.717) is 104 Å². The number of carbonyl (C=O) groups excluding carboxylic acids is 1. The van der Waals surface area contributed by atoms with E-state index in [1.807, 2.05) is 30.3 Å². The zero-order chi connectivity index (χ0) is 35.0. The average molecular weight is 699 g/mol. The van der Waals surface area contributed by atoms with Crippen LogP contribution in [0.2, 0.25) is 0 Å². The van der Waals surface area contributed by atoms with Crippen LogP contribution in [0.15, 0.2) is 48.5 Å². The molecular formula is C35H54O14. The first-order chi connectivity index (χ1) is 24.2. The molecule has 2 aromatic rings. The SMILES string of the molecule is COCCOCCOCCOc1cc(OCCOC(COCCOC)OCCOCCOCCOCc2ccccc2)cc(C(=O)OC)c1. The lowest BCUT2D eigenvalue weighted by Gasteiger charge is -2.19. The summed E-state index contributed by atoms with van der Waals surface area (Å²) in [5, 5.41) is 0. The Labute approximate surface area is 290 Å². The molecule has 278 valence electrons. The number of esters is 1. The molecule has 0 saturated heterocycles. The van der Waals surface area contributed by atoms with Crippen LogP contribution in [0.25, 0.3) is 0 Å². The van der Waals surface area contributed by atoms with Crippen LogP contribution >= 0.6 is 0 Å². The van der Waals surface area contributed by atoms with Gasteiger partial charge in [0.05, 0.1) is 118 Å². The third-order valence-electron chi connectivity index (χ3n) is 6.33. The van der Waals surface area contributed by atoms with Crippen LogP contribution in [0, 0.1) is 0 Å². The van der Waals surface area contributed by atoms with Crippen molar-refractivity contribution in [2.24, 2.45) is 0 Å². The molecule has 0 aliphatic carbocycles. The van der Waals surface area contributed by atoms with Crippen molar-refractivity contribution in [2.45, 2.75) is 12.9 Å². The number of hydrogen-bond acceptors (Lipinski definition) is 14. The lowest BCUT2D eigenvalue weighted by molar-refractivity contribution is -0.182. The van der Waals surface area contributed by atoms with Crippen LogP contribution in [0.1, 0.15) is 15.9 Å². The Kier molecular flexibility index (Phi) is 25.9. The van der Waals surface area contributed by atoms with Gasteiger partial charge in [-0.2, -0.15) is 0 Å². The summed E-state index contributed by atoms with van der Waals surface area (Å²) in [6.45, 7) is 7.08. The number of ether oxygens (including phenoxy) is 13. The van der Waals surface area contributed by atoms with Crippen molar-refractivity contribution in [3.63, 3.8) is 0 Å². The average Bonchev–Trinajstić information content (AvgIpc) is 3.13. The molecule has 0 heterocycles. The Bertz CT molecular complexity index is 1060. The zero-order valence-electron chi connectivity index (χ0n) is 29.1. The van der Waals surface area contributed by atoms with Gasteiger partial charge in [0.1, 0.15) is 24.7 Å². The number of rotatable bonds is 33. The molecule has 0 aliphatic rings. The molecule has 2 rings (SSSR count). The highest BCUT2D eigenvalue weighted by Gasteiger charge is 2.13. The number of carbonyl (C=O) groups is 1. The molecule has 0 bridgehead atoms.